The highest BCUT2D eigenvalue weighted by Crippen LogP contribution is 2.29. The second-order valence-corrected chi connectivity index (χ2v) is 9.74. The number of nitrogens with zero attached hydrogens (tertiary/aromatic N) is 2. The zero-order valence-corrected chi connectivity index (χ0v) is 17.7. The number of para-hydroxylation sites is 1. The first-order valence-corrected chi connectivity index (χ1v) is 10.8. The number of non-ortho nitro benzene ring substituents is 1. The maximum absolute atomic E-state index is 13.4. The van der Waals surface area contributed by atoms with Gasteiger partial charge in [0.05, 0.1) is 15.9 Å². The van der Waals surface area contributed by atoms with Crippen LogP contribution in [0.3, 0.4) is 0 Å². The summed E-state index contributed by atoms with van der Waals surface area (Å²) in [4.78, 5) is 23.0. The van der Waals surface area contributed by atoms with E-state index in [1.165, 1.54) is 0 Å². The van der Waals surface area contributed by atoms with Crippen LogP contribution < -0.4 is 5.32 Å². The van der Waals surface area contributed by atoms with E-state index in [0.29, 0.717) is 6.42 Å². The van der Waals surface area contributed by atoms with Crippen molar-refractivity contribution < 1.29 is 22.9 Å². The number of carbonyl (C=O) groups is 1. The summed E-state index contributed by atoms with van der Waals surface area (Å²) >= 11 is 0. The Labute approximate surface area is 174 Å². The van der Waals surface area contributed by atoms with Crippen LogP contribution in [0.2, 0.25) is 0 Å². The molecule has 1 amide bonds. The molecule has 0 bridgehead atoms. The number of nitrogens with one attached hydrogen (secondary N) is 1. The lowest BCUT2D eigenvalue weighted by atomic mass is 10.00. The van der Waals surface area contributed by atoms with Crippen LogP contribution in [0, 0.1) is 10.1 Å². The fourth-order valence-electron chi connectivity index (χ4n) is 3.19. The van der Waals surface area contributed by atoms with Crippen LogP contribution in [-0.2, 0) is 21.2 Å². The highest BCUT2D eigenvalue weighted by molar-refractivity contribution is 7.89. The second kappa shape index (κ2) is 7.94. The number of amides is 1. The molecule has 1 aliphatic rings. The molecule has 10 heteroatoms. The van der Waals surface area contributed by atoms with E-state index in [-0.39, 0.29) is 17.1 Å². The average molecular weight is 433 g/mol. The minimum Gasteiger partial charge on any atom is -0.443 e. The van der Waals surface area contributed by atoms with Gasteiger partial charge >= 0.3 is 6.09 Å². The van der Waals surface area contributed by atoms with Crippen LogP contribution in [0.5, 0.6) is 0 Å². The molecule has 1 atom stereocenters. The van der Waals surface area contributed by atoms with Gasteiger partial charge in [-0.2, -0.15) is 4.31 Å². The fourth-order valence-corrected chi connectivity index (χ4v) is 4.68. The number of benzene rings is 2. The smallest absolute Gasteiger partial charge is 0.424 e. The molecule has 2 aromatic carbocycles. The van der Waals surface area contributed by atoms with Gasteiger partial charge < -0.3 is 10.1 Å². The Bertz CT molecular complexity index is 1060. The highest BCUT2D eigenvalue weighted by Gasteiger charge is 2.40. The highest BCUT2D eigenvalue weighted by atomic mass is 32.2. The number of anilines is 1. The van der Waals surface area contributed by atoms with Gasteiger partial charge in [0.25, 0.3) is 15.7 Å². The van der Waals surface area contributed by atoms with Crippen molar-refractivity contribution in [3.05, 3.63) is 64.2 Å². The van der Waals surface area contributed by atoms with E-state index in [1.807, 2.05) is 24.3 Å². The molecular weight excluding hydrogens is 410 g/mol. The largest absolute Gasteiger partial charge is 0.443 e. The average Bonchev–Trinajstić information content (AvgIpc) is 2.66. The molecule has 0 aromatic heterocycles. The van der Waals surface area contributed by atoms with Gasteiger partial charge in [-0.1, -0.05) is 18.2 Å². The minimum absolute atomic E-state index is 0.211. The first kappa shape index (κ1) is 21.6. The summed E-state index contributed by atoms with van der Waals surface area (Å²) in [5.74, 6) is 0. The quantitative estimate of drug-likeness (QED) is 0.578. The number of carbonyl (C=O) groups excluding carboxylic acids is 1. The van der Waals surface area contributed by atoms with Crippen LogP contribution in [0.15, 0.2) is 53.4 Å². The number of sulfonamides is 1. The van der Waals surface area contributed by atoms with E-state index < -0.39 is 32.7 Å². The molecule has 1 heterocycles. The molecule has 160 valence electrons. The summed E-state index contributed by atoms with van der Waals surface area (Å²) in [6.45, 7) is 5.16. The first-order valence-electron chi connectivity index (χ1n) is 9.33. The Morgan fingerprint density at radius 1 is 1.17 bits per heavy atom. The van der Waals surface area contributed by atoms with Gasteiger partial charge in [0.2, 0.25) is 0 Å². The van der Waals surface area contributed by atoms with Gasteiger partial charge in [-0.05, 0) is 51.0 Å². The maximum Gasteiger partial charge on any atom is 0.424 e. The zero-order chi connectivity index (χ0) is 22.1. The molecule has 0 spiro atoms. The number of ether oxygens (including phenoxy) is 1. The van der Waals surface area contributed by atoms with Crippen molar-refractivity contribution in [2.75, 3.05) is 11.9 Å². The van der Waals surface area contributed by atoms with Crippen molar-refractivity contribution in [3.8, 4) is 0 Å². The number of hydrogen-bond acceptors (Lipinski definition) is 7. The molecule has 30 heavy (non-hydrogen) atoms. The zero-order valence-electron chi connectivity index (χ0n) is 16.9. The maximum atomic E-state index is 13.4. The summed E-state index contributed by atoms with van der Waals surface area (Å²) < 4.78 is 32.9. The molecule has 0 aliphatic carbocycles. The number of fused-ring (bicyclic) bond motifs is 1. The molecule has 1 N–H and O–H groups in total. The van der Waals surface area contributed by atoms with Crippen LogP contribution in [0.4, 0.5) is 16.2 Å². The van der Waals surface area contributed by atoms with Crippen LogP contribution in [0.25, 0.3) is 0 Å². The third-order valence-electron chi connectivity index (χ3n) is 4.51. The Hall–Kier alpha value is -3.14. The van der Waals surface area contributed by atoms with Crippen molar-refractivity contribution in [2.24, 2.45) is 0 Å². The summed E-state index contributed by atoms with van der Waals surface area (Å²) in [5.41, 5.74) is 0.609. The van der Waals surface area contributed by atoms with Gasteiger partial charge in [-0.15, -0.1) is 0 Å². The number of nitro benzene ring substituents is 1. The van der Waals surface area contributed by atoms with E-state index in [0.717, 1.165) is 39.8 Å². The monoisotopic (exact) mass is 433 g/mol. The topological polar surface area (TPSA) is 119 Å². The molecule has 1 aliphatic heterocycles. The predicted molar refractivity (Wildman–Crippen MR) is 111 cm³/mol. The fraction of sp³-hybridized carbons (Fsp3) is 0.350. The van der Waals surface area contributed by atoms with Gasteiger partial charge in [0.1, 0.15) is 5.60 Å². The molecule has 3 rings (SSSR count). The number of rotatable bonds is 4. The SMILES string of the molecule is CC(C)(C)OC(=O)N(C1CNc2ccccc2C1)S(=O)(=O)c1ccc([N+](=O)[O-])cc1. The lowest BCUT2D eigenvalue weighted by molar-refractivity contribution is -0.384. The van der Waals surface area contributed by atoms with Gasteiger partial charge in [0, 0.05) is 24.4 Å². The Balaban J connectivity index is 2.01. The minimum atomic E-state index is -4.32. The van der Waals surface area contributed by atoms with Gasteiger partial charge in [-0.3, -0.25) is 10.1 Å². The summed E-state index contributed by atoms with van der Waals surface area (Å²) in [5, 5.41) is 14.0. The first-order chi connectivity index (χ1) is 14.0. The Morgan fingerprint density at radius 2 is 1.80 bits per heavy atom. The normalized spacial score (nSPS) is 16.2. The Kier molecular flexibility index (Phi) is 5.71. The van der Waals surface area contributed by atoms with Crippen molar-refractivity contribution in [1.82, 2.24) is 4.31 Å². The van der Waals surface area contributed by atoms with Crippen molar-refractivity contribution in [2.45, 2.75) is 43.7 Å². The molecule has 0 radical (unpaired) electrons. The molecule has 0 fully saturated rings. The van der Waals surface area contributed by atoms with E-state index >= 15 is 0 Å². The van der Waals surface area contributed by atoms with Crippen molar-refractivity contribution in [1.29, 1.82) is 0 Å². The predicted octanol–water partition coefficient (Wildman–Crippen LogP) is 3.56. The molecule has 1 unspecified atom stereocenters. The van der Waals surface area contributed by atoms with Crippen LogP contribution in [-0.4, -0.2) is 41.9 Å². The van der Waals surface area contributed by atoms with E-state index in [9.17, 15) is 23.3 Å². The van der Waals surface area contributed by atoms with Crippen molar-refractivity contribution in [3.63, 3.8) is 0 Å². The third-order valence-corrected chi connectivity index (χ3v) is 6.34. The van der Waals surface area contributed by atoms with E-state index in [4.69, 9.17) is 4.74 Å². The number of nitro groups is 1. The number of hydrogen-bond donors (Lipinski definition) is 1. The molecule has 0 saturated heterocycles. The standard InChI is InChI=1S/C20H23N3O6S/c1-20(2,3)29-19(24)22(16-12-14-6-4-5-7-18(14)21-13-16)30(27,28)17-10-8-15(9-11-17)23(25)26/h4-11,16,21H,12-13H2,1-3H3. The van der Waals surface area contributed by atoms with Crippen LogP contribution in [0.1, 0.15) is 26.3 Å². The summed E-state index contributed by atoms with van der Waals surface area (Å²) in [7, 11) is -4.32. The summed E-state index contributed by atoms with van der Waals surface area (Å²) in [6, 6.07) is 11.1. The van der Waals surface area contributed by atoms with E-state index in [1.54, 1.807) is 20.8 Å². The lowest BCUT2D eigenvalue weighted by Gasteiger charge is -2.35. The van der Waals surface area contributed by atoms with Gasteiger partial charge in [0.15, 0.2) is 0 Å². The van der Waals surface area contributed by atoms with Crippen molar-refractivity contribution >= 4 is 27.5 Å². The molecular formula is C20H23N3O6S. The third kappa shape index (κ3) is 4.54. The second-order valence-electron chi connectivity index (χ2n) is 7.93. The molecule has 9 nitrogen and oxygen atoms in total. The van der Waals surface area contributed by atoms with Crippen LogP contribution >= 0.6 is 0 Å². The molecule has 0 saturated carbocycles. The summed E-state index contributed by atoms with van der Waals surface area (Å²) in [6.07, 6.45) is -0.679. The lowest BCUT2D eigenvalue weighted by Crippen LogP contribution is -2.51. The molecule has 2 aromatic rings. The van der Waals surface area contributed by atoms with Gasteiger partial charge in [-0.25, -0.2) is 13.2 Å². The van der Waals surface area contributed by atoms with E-state index in [2.05, 4.69) is 5.32 Å². The Morgan fingerprint density at radius 3 is 2.40 bits per heavy atom.